The number of unbranched alkanes of at least 4 members (excludes halogenated alkanes) is 3. The van der Waals surface area contributed by atoms with Gasteiger partial charge in [0, 0.05) is 5.66 Å². The lowest BCUT2D eigenvalue weighted by Gasteiger charge is -2.27. The molecule has 0 N–H and O–H groups in total. The van der Waals surface area contributed by atoms with Gasteiger partial charge in [0.15, 0.2) is 0 Å². The van der Waals surface area contributed by atoms with Gasteiger partial charge in [-0.2, -0.15) is 0 Å². The lowest BCUT2D eigenvalue weighted by atomic mass is 9.86. The van der Waals surface area contributed by atoms with Crippen LogP contribution in [-0.4, -0.2) is 5.66 Å². The molecule has 0 fully saturated rings. The van der Waals surface area contributed by atoms with Crippen molar-refractivity contribution in [2.45, 2.75) is 71.9 Å². The van der Waals surface area contributed by atoms with Crippen molar-refractivity contribution in [3.05, 3.63) is 23.3 Å². The summed E-state index contributed by atoms with van der Waals surface area (Å²) < 4.78 is 0. The predicted octanol–water partition coefficient (Wildman–Crippen LogP) is 5.75. The van der Waals surface area contributed by atoms with Crippen LogP contribution in [0.2, 0.25) is 0 Å². The Hall–Kier alpha value is -0.0900. The van der Waals surface area contributed by atoms with E-state index in [2.05, 4.69) is 49.1 Å². The highest BCUT2D eigenvalue weighted by molar-refractivity contribution is 7.18. The molecule has 3 unspecified atom stereocenters. The Balaban J connectivity index is 2.20. The van der Waals surface area contributed by atoms with Gasteiger partial charge in [0.2, 0.25) is 0 Å². The van der Waals surface area contributed by atoms with Gasteiger partial charge in [-0.05, 0) is 31.6 Å². The molecule has 0 bridgehead atoms. The van der Waals surface area contributed by atoms with Crippen LogP contribution in [0.4, 0.5) is 0 Å². The molecule has 1 aliphatic rings. The largest absolute Gasteiger partial charge is 0.129 e. The van der Waals surface area contributed by atoms with Crippen molar-refractivity contribution >= 4 is 9.24 Å². The first-order chi connectivity index (χ1) is 8.52. The highest BCUT2D eigenvalue weighted by Crippen LogP contribution is 2.33. The predicted molar refractivity (Wildman–Crippen MR) is 87.0 cm³/mol. The van der Waals surface area contributed by atoms with E-state index in [9.17, 15) is 0 Å². The van der Waals surface area contributed by atoms with E-state index in [-0.39, 0.29) is 0 Å². The second-order valence-corrected chi connectivity index (χ2v) is 7.03. The van der Waals surface area contributed by atoms with E-state index in [1.54, 1.807) is 5.57 Å². The van der Waals surface area contributed by atoms with Crippen LogP contribution in [-0.2, 0) is 0 Å². The summed E-state index contributed by atoms with van der Waals surface area (Å²) in [6.45, 7) is 9.24. The van der Waals surface area contributed by atoms with E-state index in [0.717, 1.165) is 5.92 Å². The first-order valence-electron chi connectivity index (χ1n) is 7.65. The van der Waals surface area contributed by atoms with Crippen LogP contribution in [0.15, 0.2) is 23.3 Å². The molecular weight excluding hydrogens is 235 g/mol. The first kappa shape index (κ1) is 16.0. The highest BCUT2D eigenvalue weighted by atomic mass is 31.0. The van der Waals surface area contributed by atoms with Crippen LogP contribution < -0.4 is 0 Å². The van der Waals surface area contributed by atoms with E-state index in [0.29, 0.717) is 11.6 Å². The Kier molecular flexibility index (Phi) is 7.23. The number of rotatable bonds is 7. The van der Waals surface area contributed by atoms with Crippen LogP contribution in [0.25, 0.3) is 0 Å². The minimum atomic E-state index is 0.672. The standard InChI is InChI=1S/C17H31P/c1-13(2)9-7-5-6-8-10-16-12-11-14(3)15(4)17(16)18/h11-13,15,17H,5-10,18H2,1-4H3. The molecule has 0 saturated heterocycles. The van der Waals surface area contributed by atoms with E-state index in [1.165, 1.54) is 44.1 Å². The monoisotopic (exact) mass is 266 g/mol. The molecule has 0 aromatic heterocycles. The Bertz CT molecular complexity index is 299. The normalized spacial score (nSPS) is 24.1. The maximum absolute atomic E-state index is 3.04. The zero-order valence-corrected chi connectivity index (χ0v) is 13.9. The molecule has 0 amide bonds. The van der Waals surface area contributed by atoms with Crippen LogP contribution in [0.5, 0.6) is 0 Å². The quantitative estimate of drug-likeness (QED) is 0.406. The summed E-state index contributed by atoms with van der Waals surface area (Å²) in [7, 11) is 3.04. The second kappa shape index (κ2) is 8.16. The first-order valence-corrected chi connectivity index (χ1v) is 8.32. The lowest BCUT2D eigenvalue weighted by molar-refractivity contribution is 0.517. The van der Waals surface area contributed by atoms with Gasteiger partial charge in [-0.1, -0.05) is 69.8 Å². The smallest absolute Gasteiger partial charge is 0.00101 e. The van der Waals surface area contributed by atoms with Gasteiger partial charge in [-0.25, -0.2) is 0 Å². The average molecular weight is 266 g/mol. The zero-order chi connectivity index (χ0) is 13.5. The minimum Gasteiger partial charge on any atom is -0.129 e. The van der Waals surface area contributed by atoms with Crippen LogP contribution in [0.3, 0.4) is 0 Å². The number of hydrogen-bond donors (Lipinski definition) is 0. The Morgan fingerprint density at radius 3 is 2.44 bits per heavy atom. The molecule has 0 nitrogen and oxygen atoms in total. The van der Waals surface area contributed by atoms with Gasteiger partial charge in [0.25, 0.3) is 0 Å². The Morgan fingerprint density at radius 1 is 1.11 bits per heavy atom. The molecule has 0 aliphatic heterocycles. The summed E-state index contributed by atoms with van der Waals surface area (Å²) in [6, 6.07) is 0. The van der Waals surface area contributed by atoms with Crippen molar-refractivity contribution in [3.63, 3.8) is 0 Å². The van der Waals surface area contributed by atoms with Gasteiger partial charge in [0.05, 0.1) is 0 Å². The third kappa shape index (κ3) is 5.27. The molecule has 0 heterocycles. The maximum atomic E-state index is 3.04. The van der Waals surface area contributed by atoms with Crippen molar-refractivity contribution in [2.75, 3.05) is 0 Å². The lowest BCUT2D eigenvalue weighted by Crippen LogP contribution is -2.17. The van der Waals surface area contributed by atoms with Gasteiger partial charge < -0.3 is 0 Å². The van der Waals surface area contributed by atoms with Crippen LogP contribution in [0.1, 0.15) is 66.2 Å². The molecule has 0 aromatic rings. The van der Waals surface area contributed by atoms with Gasteiger partial charge in [-0.15, -0.1) is 9.24 Å². The Labute approximate surface area is 117 Å². The third-order valence-electron chi connectivity index (χ3n) is 4.24. The van der Waals surface area contributed by atoms with Gasteiger partial charge >= 0.3 is 0 Å². The van der Waals surface area contributed by atoms with Crippen LogP contribution in [0, 0.1) is 11.8 Å². The fourth-order valence-electron chi connectivity index (χ4n) is 2.59. The highest BCUT2D eigenvalue weighted by Gasteiger charge is 2.20. The molecule has 1 rings (SSSR count). The molecule has 0 aromatic carbocycles. The molecule has 18 heavy (non-hydrogen) atoms. The summed E-state index contributed by atoms with van der Waals surface area (Å²) in [4.78, 5) is 0. The summed E-state index contributed by atoms with van der Waals surface area (Å²) in [5.74, 6) is 1.58. The van der Waals surface area contributed by atoms with Gasteiger partial charge in [-0.3, -0.25) is 0 Å². The molecule has 1 aliphatic carbocycles. The molecular formula is C17H31P. The summed E-state index contributed by atoms with van der Waals surface area (Å²) in [5.41, 5.74) is 3.84. The number of hydrogen-bond acceptors (Lipinski definition) is 0. The molecule has 3 atom stereocenters. The van der Waals surface area contributed by atoms with E-state index < -0.39 is 0 Å². The maximum Gasteiger partial charge on any atom is 0.00101 e. The molecule has 1 heteroatoms. The Morgan fingerprint density at radius 2 is 1.78 bits per heavy atom. The van der Waals surface area contributed by atoms with E-state index in [4.69, 9.17) is 0 Å². The van der Waals surface area contributed by atoms with Crippen molar-refractivity contribution in [1.82, 2.24) is 0 Å². The van der Waals surface area contributed by atoms with Crippen molar-refractivity contribution in [2.24, 2.45) is 11.8 Å². The van der Waals surface area contributed by atoms with Crippen molar-refractivity contribution in [3.8, 4) is 0 Å². The summed E-state index contributed by atoms with van der Waals surface area (Å²) >= 11 is 0. The third-order valence-corrected chi connectivity index (χ3v) is 5.25. The summed E-state index contributed by atoms with van der Waals surface area (Å²) in [6.07, 6.45) is 13.0. The fourth-order valence-corrected chi connectivity index (χ4v) is 3.17. The second-order valence-electron chi connectivity index (χ2n) is 6.31. The van der Waals surface area contributed by atoms with E-state index in [1.807, 2.05) is 0 Å². The van der Waals surface area contributed by atoms with Crippen molar-refractivity contribution in [1.29, 1.82) is 0 Å². The zero-order valence-electron chi connectivity index (χ0n) is 12.7. The average Bonchev–Trinajstić information content (AvgIpc) is 2.33. The minimum absolute atomic E-state index is 0.672. The van der Waals surface area contributed by atoms with Crippen LogP contribution >= 0.6 is 9.24 Å². The molecule has 0 spiro atoms. The molecule has 0 radical (unpaired) electrons. The SMILES string of the molecule is CC1=CC=C(CCCCCCC(C)C)C(P)C1C. The van der Waals surface area contributed by atoms with Crippen molar-refractivity contribution < 1.29 is 0 Å². The molecule has 0 saturated carbocycles. The molecule has 104 valence electrons. The fraction of sp³-hybridized carbons (Fsp3) is 0.765. The topological polar surface area (TPSA) is 0 Å². The van der Waals surface area contributed by atoms with Gasteiger partial charge in [0.1, 0.15) is 0 Å². The summed E-state index contributed by atoms with van der Waals surface area (Å²) in [5, 5.41) is 0. The van der Waals surface area contributed by atoms with E-state index >= 15 is 0 Å². The number of allylic oxidation sites excluding steroid dienone is 4.